The number of aryl methyl sites for hydroxylation is 1. The van der Waals surface area contributed by atoms with Gasteiger partial charge in [-0.05, 0) is 19.9 Å². The number of ether oxygens (including phenoxy) is 1. The Kier molecular flexibility index (Phi) is 3.45. The number of hydrogen-bond acceptors (Lipinski definition) is 3. The molecule has 0 atom stereocenters. The second-order valence-corrected chi connectivity index (χ2v) is 2.78. The highest BCUT2D eigenvalue weighted by Gasteiger charge is 2.06. The summed E-state index contributed by atoms with van der Waals surface area (Å²) in [7, 11) is 0. The maximum absolute atomic E-state index is 13.0. The molecule has 3 nitrogen and oxygen atoms in total. The van der Waals surface area contributed by atoms with Crippen molar-refractivity contribution in [1.82, 2.24) is 4.98 Å². The summed E-state index contributed by atoms with van der Waals surface area (Å²) in [6.07, 6.45) is 4.22. The van der Waals surface area contributed by atoms with Gasteiger partial charge in [0.05, 0.1) is 24.8 Å². The minimum Gasteiger partial charge on any atom is -0.501 e. The first-order valence-electron chi connectivity index (χ1n) is 4.35. The molecule has 1 aromatic rings. The number of rotatable bonds is 3. The topological polar surface area (TPSA) is 48.1 Å². The SMILES string of the molecule is CCO/C=C/c1c(C)ncc(F)c1N. The lowest BCUT2D eigenvalue weighted by Crippen LogP contribution is -1.99. The molecule has 0 aliphatic heterocycles. The first-order chi connectivity index (χ1) is 6.66. The highest BCUT2D eigenvalue weighted by atomic mass is 19.1. The van der Waals surface area contributed by atoms with Crippen molar-refractivity contribution in [2.75, 3.05) is 12.3 Å². The highest BCUT2D eigenvalue weighted by molar-refractivity contribution is 5.65. The quantitative estimate of drug-likeness (QED) is 0.753. The van der Waals surface area contributed by atoms with Gasteiger partial charge in [-0.25, -0.2) is 4.39 Å². The average molecular weight is 196 g/mol. The largest absolute Gasteiger partial charge is 0.501 e. The van der Waals surface area contributed by atoms with Gasteiger partial charge in [-0.15, -0.1) is 0 Å². The molecule has 0 fully saturated rings. The second kappa shape index (κ2) is 4.60. The van der Waals surface area contributed by atoms with Crippen LogP contribution in [0.2, 0.25) is 0 Å². The van der Waals surface area contributed by atoms with E-state index in [1.165, 1.54) is 6.26 Å². The molecule has 0 saturated heterocycles. The Morgan fingerprint density at radius 2 is 2.36 bits per heavy atom. The van der Waals surface area contributed by atoms with Crippen LogP contribution in [0.3, 0.4) is 0 Å². The lowest BCUT2D eigenvalue weighted by molar-refractivity contribution is 0.272. The van der Waals surface area contributed by atoms with Crippen LogP contribution >= 0.6 is 0 Å². The van der Waals surface area contributed by atoms with Crippen LogP contribution in [0, 0.1) is 12.7 Å². The monoisotopic (exact) mass is 196 g/mol. The minimum atomic E-state index is -0.508. The molecular weight excluding hydrogens is 183 g/mol. The Balaban J connectivity index is 3.00. The van der Waals surface area contributed by atoms with Crippen molar-refractivity contribution in [3.05, 3.63) is 29.5 Å². The van der Waals surface area contributed by atoms with Gasteiger partial charge in [0.25, 0.3) is 0 Å². The lowest BCUT2D eigenvalue weighted by atomic mass is 10.1. The summed E-state index contributed by atoms with van der Waals surface area (Å²) in [4.78, 5) is 3.86. The Bertz CT molecular complexity index is 350. The van der Waals surface area contributed by atoms with E-state index in [4.69, 9.17) is 10.5 Å². The van der Waals surface area contributed by atoms with E-state index in [2.05, 4.69) is 4.98 Å². The predicted molar refractivity (Wildman–Crippen MR) is 54.0 cm³/mol. The van der Waals surface area contributed by atoms with E-state index >= 15 is 0 Å². The molecule has 14 heavy (non-hydrogen) atoms. The molecular formula is C10H13FN2O. The molecule has 0 unspecified atom stereocenters. The van der Waals surface area contributed by atoms with Crippen molar-refractivity contribution >= 4 is 11.8 Å². The smallest absolute Gasteiger partial charge is 0.164 e. The fourth-order valence-corrected chi connectivity index (χ4v) is 1.04. The molecule has 0 radical (unpaired) electrons. The molecule has 0 saturated carbocycles. The number of pyridine rings is 1. The number of anilines is 1. The molecule has 0 amide bonds. The average Bonchev–Trinajstić information content (AvgIpc) is 2.18. The van der Waals surface area contributed by atoms with E-state index in [1.807, 2.05) is 6.92 Å². The van der Waals surface area contributed by atoms with Crippen molar-refractivity contribution < 1.29 is 9.13 Å². The van der Waals surface area contributed by atoms with Gasteiger partial charge in [0, 0.05) is 11.3 Å². The molecule has 1 heterocycles. The number of aromatic nitrogens is 1. The Labute approximate surface area is 82.4 Å². The van der Waals surface area contributed by atoms with E-state index in [1.54, 1.807) is 13.0 Å². The number of halogens is 1. The van der Waals surface area contributed by atoms with Crippen LogP contribution in [0.25, 0.3) is 6.08 Å². The fraction of sp³-hybridized carbons (Fsp3) is 0.300. The van der Waals surface area contributed by atoms with Gasteiger partial charge >= 0.3 is 0 Å². The van der Waals surface area contributed by atoms with Crippen molar-refractivity contribution in [2.24, 2.45) is 0 Å². The summed E-state index contributed by atoms with van der Waals surface area (Å²) in [5, 5.41) is 0. The molecule has 0 bridgehead atoms. The third-order valence-corrected chi connectivity index (χ3v) is 1.81. The van der Waals surface area contributed by atoms with Crippen molar-refractivity contribution in [1.29, 1.82) is 0 Å². The van der Waals surface area contributed by atoms with Gasteiger partial charge < -0.3 is 10.5 Å². The Morgan fingerprint density at radius 1 is 1.64 bits per heavy atom. The van der Waals surface area contributed by atoms with E-state index in [0.717, 1.165) is 6.20 Å². The Morgan fingerprint density at radius 3 is 3.00 bits per heavy atom. The van der Waals surface area contributed by atoms with Crippen molar-refractivity contribution in [3.63, 3.8) is 0 Å². The number of hydrogen-bond donors (Lipinski definition) is 1. The summed E-state index contributed by atoms with van der Waals surface area (Å²) in [5.74, 6) is -0.508. The van der Waals surface area contributed by atoms with E-state index in [-0.39, 0.29) is 5.69 Å². The first kappa shape index (κ1) is 10.5. The molecule has 76 valence electrons. The minimum absolute atomic E-state index is 0.105. The van der Waals surface area contributed by atoms with Crippen molar-refractivity contribution in [2.45, 2.75) is 13.8 Å². The maximum atomic E-state index is 13.0. The van der Waals surface area contributed by atoms with Gasteiger partial charge in [0.15, 0.2) is 5.82 Å². The molecule has 1 aromatic heterocycles. The van der Waals surface area contributed by atoms with Crippen LogP contribution in [0.5, 0.6) is 0 Å². The van der Waals surface area contributed by atoms with Crippen molar-refractivity contribution in [3.8, 4) is 0 Å². The normalized spacial score (nSPS) is 10.8. The van der Waals surface area contributed by atoms with Crippen LogP contribution in [-0.4, -0.2) is 11.6 Å². The maximum Gasteiger partial charge on any atom is 0.164 e. The standard InChI is InChI=1S/C10H13FN2O/c1-3-14-5-4-8-7(2)13-6-9(11)10(8)12/h4-6H,3H2,1-2H3,(H2,12,13)/b5-4+. The lowest BCUT2D eigenvalue weighted by Gasteiger charge is -2.04. The summed E-state index contributed by atoms with van der Waals surface area (Å²) in [5.41, 5.74) is 6.90. The fourth-order valence-electron chi connectivity index (χ4n) is 1.04. The zero-order valence-corrected chi connectivity index (χ0v) is 8.25. The molecule has 0 spiro atoms. The summed E-state index contributed by atoms with van der Waals surface area (Å²) < 4.78 is 18.0. The highest BCUT2D eigenvalue weighted by Crippen LogP contribution is 2.19. The number of nitrogens with zero attached hydrogens (tertiary/aromatic N) is 1. The van der Waals surface area contributed by atoms with Gasteiger partial charge in [-0.3, -0.25) is 4.98 Å². The Hall–Kier alpha value is -1.58. The number of nitrogens with two attached hydrogens (primary N) is 1. The summed E-state index contributed by atoms with van der Waals surface area (Å²) in [6, 6.07) is 0. The third-order valence-electron chi connectivity index (χ3n) is 1.81. The van der Waals surface area contributed by atoms with E-state index in [9.17, 15) is 4.39 Å². The van der Waals surface area contributed by atoms with Crippen LogP contribution < -0.4 is 5.73 Å². The second-order valence-electron chi connectivity index (χ2n) is 2.78. The summed E-state index contributed by atoms with van der Waals surface area (Å²) in [6.45, 7) is 4.20. The van der Waals surface area contributed by atoms with Gasteiger partial charge in [0.1, 0.15) is 0 Å². The predicted octanol–water partition coefficient (Wildman–Crippen LogP) is 2.12. The number of nitrogen functional groups attached to an aromatic ring is 1. The molecule has 1 rings (SSSR count). The first-order valence-corrected chi connectivity index (χ1v) is 4.35. The summed E-state index contributed by atoms with van der Waals surface area (Å²) >= 11 is 0. The third kappa shape index (κ3) is 2.22. The molecule has 2 N–H and O–H groups in total. The van der Waals surface area contributed by atoms with Gasteiger partial charge in [-0.2, -0.15) is 0 Å². The van der Waals surface area contributed by atoms with E-state index in [0.29, 0.717) is 17.9 Å². The van der Waals surface area contributed by atoms with E-state index < -0.39 is 5.82 Å². The molecule has 0 aromatic carbocycles. The molecule has 4 heteroatoms. The molecule has 0 aliphatic rings. The zero-order chi connectivity index (χ0) is 10.6. The van der Waals surface area contributed by atoms with Crippen LogP contribution in [0.1, 0.15) is 18.2 Å². The van der Waals surface area contributed by atoms with Gasteiger partial charge in [-0.1, -0.05) is 0 Å². The van der Waals surface area contributed by atoms with Crippen LogP contribution in [-0.2, 0) is 4.74 Å². The van der Waals surface area contributed by atoms with Gasteiger partial charge in [0.2, 0.25) is 0 Å². The molecule has 0 aliphatic carbocycles. The van der Waals surface area contributed by atoms with Crippen LogP contribution in [0.15, 0.2) is 12.5 Å². The van der Waals surface area contributed by atoms with Crippen LogP contribution in [0.4, 0.5) is 10.1 Å². The zero-order valence-electron chi connectivity index (χ0n) is 8.25.